The smallest absolute Gasteiger partial charge is 0.238 e. The van der Waals surface area contributed by atoms with Crippen molar-refractivity contribution < 1.29 is 19.2 Å². The molecule has 2 aromatic rings. The molecule has 4 aliphatic rings. The zero-order valence-electron chi connectivity index (χ0n) is 15.9. The number of amides is 2. The lowest BCUT2D eigenvalue weighted by Gasteiger charge is -2.29. The van der Waals surface area contributed by atoms with Crippen molar-refractivity contribution in [3.8, 4) is 5.75 Å². The van der Waals surface area contributed by atoms with E-state index in [0.29, 0.717) is 5.69 Å². The lowest BCUT2D eigenvalue weighted by atomic mass is 9.71. The average Bonchev–Trinajstić information content (AvgIpc) is 3.49. The van der Waals surface area contributed by atoms with Crippen molar-refractivity contribution in [1.29, 1.82) is 0 Å². The van der Waals surface area contributed by atoms with Gasteiger partial charge in [0, 0.05) is 17.4 Å². The SMILES string of the molecule is COc1ccc(C2=NO[C@H]3[C@@H]4C[C@H]([C@H]5C(=O)N(c6ccccc6)C(=O)[C@H]45)[C@H]23)cc1. The Morgan fingerprint density at radius 1 is 0.931 bits per heavy atom. The normalized spacial score (nSPS) is 34.1. The summed E-state index contributed by atoms with van der Waals surface area (Å²) in [5.74, 6) is 0.244. The standard InChI is InChI=1S/C23H20N2O4/c1-28-14-9-7-12(8-10-14)20-19-15-11-16(21(19)29-24-20)18-17(15)22(26)25(23(18)27)13-5-3-2-4-6-13/h2-10,15-19,21H,11H2,1H3/t15-,16-,17-,18-,19-,21+/m1/s1. The number of rotatable bonds is 3. The fourth-order valence-corrected chi connectivity index (χ4v) is 5.96. The summed E-state index contributed by atoms with van der Waals surface area (Å²) in [6.07, 6.45) is 0.728. The van der Waals surface area contributed by atoms with E-state index in [2.05, 4.69) is 5.16 Å². The minimum Gasteiger partial charge on any atom is -0.497 e. The van der Waals surface area contributed by atoms with Crippen molar-refractivity contribution in [3.05, 3.63) is 60.2 Å². The summed E-state index contributed by atoms with van der Waals surface area (Å²) in [6.45, 7) is 0. The summed E-state index contributed by atoms with van der Waals surface area (Å²) in [5, 5.41) is 4.38. The van der Waals surface area contributed by atoms with E-state index in [1.54, 1.807) is 7.11 Å². The number of fused-ring (bicyclic) bond motifs is 8. The first-order chi connectivity index (χ1) is 14.2. The van der Waals surface area contributed by atoms with Crippen molar-refractivity contribution in [1.82, 2.24) is 0 Å². The molecule has 2 amide bonds. The number of carbonyl (C=O) groups excluding carboxylic acids is 2. The van der Waals surface area contributed by atoms with E-state index in [0.717, 1.165) is 23.4 Å². The van der Waals surface area contributed by atoms with E-state index in [-0.39, 0.29) is 47.5 Å². The van der Waals surface area contributed by atoms with Gasteiger partial charge in [-0.25, -0.2) is 0 Å². The van der Waals surface area contributed by atoms with Crippen molar-refractivity contribution in [2.24, 2.45) is 34.7 Å². The highest BCUT2D eigenvalue weighted by Gasteiger charge is 2.70. The predicted octanol–water partition coefficient (Wildman–Crippen LogP) is 2.87. The number of hydrogen-bond donors (Lipinski definition) is 0. The molecule has 2 aliphatic heterocycles. The van der Waals surface area contributed by atoms with Crippen LogP contribution in [-0.4, -0.2) is 30.7 Å². The summed E-state index contributed by atoms with van der Waals surface area (Å²) >= 11 is 0. The predicted molar refractivity (Wildman–Crippen MR) is 105 cm³/mol. The first-order valence-corrected chi connectivity index (χ1v) is 10.00. The Balaban J connectivity index is 1.34. The van der Waals surface area contributed by atoms with Crippen LogP contribution in [0, 0.1) is 29.6 Å². The lowest BCUT2D eigenvalue weighted by Crippen LogP contribution is -2.41. The molecular formula is C23H20N2O4. The summed E-state index contributed by atoms with van der Waals surface area (Å²) in [7, 11) is 1.64. The fraction of sp³-hybridized carbons (Fsp3) is 0.348. The van der Waals surface area contributed by atoms with E-state index in [1.165, 1.54) is 4.90 Å². The maximum atomic E-state index is 13.3. The van der Waals surface area contributed by atoms with Crippen molar-refractivity contribution in [2.75, 3.05) is 12.0 Å². The van der Waals surface area contributed by atoms with Gasteiger partial charge in [-0.2, -0.15) is 0 Å². The number of para-hydroxylation sites is 1. The minimum absolute atomic E-state index is 0.0414. The van der Waals surface area contributed by atoms with E-state index in [9.17, 15) is 9.59 Å². The number of oxime groups is 1. The molecule has 0 aromatic heterocycles. The highest BCUT2D eigenvalue weighted by molar-refractivity contribution is 6.23. The first kappa shape index (κ1) is 16.8. The second kappa shape index (κ2) is 5.92. The molecular weight excluding hydrogens is 368 g/mol. The third-order valence-corrected chi connectivity index (χ3v) is 7.09. The number of methoxy groups -OCH3 is 1. The summed E-state index contributed by atoms with van der Waals surface area (Å²) < 4.78 is 5.25. The van der Waals surface area contributed by atoms with Gasteiger partial charge >= 0.3 is 0 Å². The van der Waals surface area contributed by atoms with Gasteiger partial charge in [-0.15, -0.1) is 0 Å². The Bertz CT molecular complexity index is 1030. The van der Waals surface area contributed by atoms with Crippen molar-refractivity contribution in [2.45, 2.75) is 12.5 Å². The summed E-state index contributed by atoms with van der Waals surface area (Å²) in [6, 6.07) is 17.0. The molecule has 0 unspecified atom stereocenters. The van der Waals surface area contributed by atoms with Crippen molar-refractivity contribution in [3.63, 3.8) is 0 Å². The Hall–Kier alpha value is -3.15. The maximum absolute atomic E-state index is 13.3. The van der Waals surface area contributed by atoms with Gasteiger partial charge in [-0.1, -0.05) is 23.4 Å². The third-order valence-electron chi connectivity index (χ3n) is 7.09. The van der Waals surface area contributed by atoms with Gasteiger partial charge in [-0.3, -0.25) is 14.5 Å². The Morgan fingerprint density at radius 2 is 1.62 bits per heavy atom. The highest BCUT2D eigenvalue weighted by atomic mass is 16.6. The molecule has 0 spiro atoms. The third kappa shape index (κ3) is 2.14. The quantitative estimate of drug-likeness (QED) is 0.759. The molecule has 146 valence electrons. The van der Waals surface area contributed by atoms with Crippen LogP contribution in [0.5, 0.6) is 5.75 Å². The van der Waals surface area contributed by atoms with Crippen LogP contribution < -0.4 is 9.64 Å². The van der Waals surface area contributed by atoms with Crippen LogP contribution in [0.15, 0.2) is 59.8 Å². The molecule has 2 aromatic carbocycles. The molecule has 2 saturated carbocycles. The molecule has 1 saturated heterocycles. The molecule has 6 heteroatoms. The van der Waals surface area contributed by atoms with Gasteiger partial charge in [0.1, 0.15) is 11.9 Å². The molecule has 0 radical (unpaired) electrons. The summed E-state index contributed by atoms with van der Waals surface area (Å²) in [4.78, 5) is 33.7. The van der Waals surface area contributed by atoms with Crippen LogP contribution in [0.25, 0.3) is 0 Å². The Kier molecular flexibility index (Phi) is 3.43. The van der Waals surface area contributed by atoms with Crippen molar-refractivity contribution >= 4 is 23.2 Å². The molecule has 0 N–H and O–H groups in total. The molecule has 3 fully saturated rings. The zero-order chi connectivity index (χ0) is 19.7. The highest BCUT2D eigenvalue weighted by Crippen LogP contribution is 2.62. The topological polar surface area (TPSA) is 68.2 Å². The molecule has 2 aliphatic carbocycles. The van der Waals surface area contributed by atoms with Gasteiger partial charge in [0.2, 0.25) is 11.8 Å². The molecule has 6 rings (SSSR count). The van der Waals surface area contributed by atoms with E-state index >= 15 is 0 Å². The van der Waals surface area contributed by atoms with Gasteiger partial charge in [0.05, 0.1) is 30.3 Å². The molecule has 2 heterocycles. The first-order valence-electron chi connectivity index (χ1n) is 10.00. The Morgan fingerprint density at radius 3 is 2.31 bits per heavy atom. The van der Waals surface area contributed by atoms with Crippen LogP contribution in [-0.2, 0) is 14.4 Å². The largest absolute Gasteiger partial charge is 0.497 e. The number of benzene rings is 2. The van der Waals surface area contributed by atoms with Crippen LogP contribution in [0.3, 0.4) is 0 Å². The minimum atomic E-state index is -0.292. The number of hydrogen-bond acceptors (Lipinski definition) is 5. The number of anilines is 1. The van der Waals surface area contributed by atoms with Gasteiger partial charge in [-0.05, 0) is 48.7 Å². The molecule has 6 atom stereocenters. The number of carbonyl (C=O) groups is 2. The van der Waals surface area contributed by atoms with E-state index in [4.69, 9.17) is 9.57 Å². The second-order valence-electron chi connectivity index (χ2n) is 8.26. The maximum Gasteiger partial charge on any atom is 0.238 e. The summed E-state index contributed by atoms with van der Waals surface area (Å²) in [5.41, 5.74) is 2.53. The van der Waals surface area contributed by atoms with E-state index < -0.39 is 0 Å². The van der Waals surface area contributed by atoms with Gasteiger partial charge in [0.15, 0.2) is 0 Å². The monoisotopic (exact) mass is 388 g/mol. The van der Waals surface area contributed by atoms with E-state index in [1.807, 2.05) is 54.6 Å². The van der Waals surface area contributed by atoms with Crippen LogP contribution in [0.1, 0.15) is 12.0 Å². The fourth-order valence-electron chi connectivity index (χ4n) is 5.96. The van der Waals surface area contributed by atoms with Crippen LogP contribution in [0.4, 0.5) is 5.69 Å². The Labute approximate surface area is 168 Å². The molecule has 29 heavy (non-hydrogen) atoms. The van der Waals surface area contributed by atoms with Gasteiger partial charge < -0.3 is 9.57 Å². The van der Waals surface area contributed by atoms with Gasteiger partial charge in [0.25, 0.3) is 0 Å². The van der Waals surface area contributed by atoms with Crippen LogP contribution >= 0.6 is 0 Å². The average molecular weight is 388 g/mol. The second-order valence-corrected chi connectivity index (χ2v) is 8.26. The molecule has 2 bridgehead atoms. The number of imide groups is 1. The number of nitrogens with zero attached hydrogens (tertiary/aromatic N) is 2. The van der Waals surface area contributed by atoms with Crippen LogP contribution in [0.2, 0.25) is 0 Å². The number of ether oxygens (including phenoxy) is 1. The zero-order valence-corrected chi connectivity index (χ0v) is 15.9. The molecule has 6 nitrogen and oxygen atoms in total. The lowest BCUT2D eigenvalue weighted by molar-refractivity contribution is -0.125.